The summed E-state index contributed by atoms with van der Waals surface area (Å²) < 4.78 is 43.0. The highest BCUT2D eigenvalue weighted by atomic mass is 127. The fourth-order valence-corrected chi connectivity index (χ4v) is 3.02. The van der Waals surface area contributed by atoms with Gasteiger partial charge in [-0.25, -0.2) is 4.99 Å². The Labute approximate surface area is 198 Å². The van der Waals surface area contributed by atoms with Crippen molar-refractivity contribution in [2.45, 2.75) is 46.5 Å². The number of benzene rings is 1. The molecule has 0 spiro atoms. The lowest BCUT2D eigenvalue weighted by molar-refractivity contribution is -0.176. The Hall–Kier alpha value is -1.82. The van der Waals surface area contributed by atoms with Crippen LogP contribution >= 0.6 is 24.0 Å². The van der Waals surface area contributed by atoms with Crippen LogP contribution in [0.2, 0.25) is 0 Å². The van der Waals surface area contributed by atoms with Crippen LogP contribution in [0.15, 0.2) is 29.3 Å². The predicted octanol–water partition coefficient (Wildman–Crippen LogP) is 4.03. The molecule has 1 aromatic carbocycles. The summed E-state index contributed by atoms with van der Waals surface area (Å²) in [5.74, 6) is 0.717. The first-order valence-corrected chi connectivity index (χ1v) is 9.93. The number of rotatable bonds is 9. The third-order valence-corrected chi connectivity index (χ3v) is 4.65. The second-order valence-corrected chi connectivity index (χ2v) is 7.07. The highest BCUT2D eigenvalue weighted by Gasteiger charge is 2.27. The second-order valence-electron chi connectivity index (χ2n) is 7.07. The molecule has 174 valence electrons. The van der Waals surface area contributed by atoms with Crippen molar-refractivity contribution in [2.24, 2.45) is 12.0 Å². The molecule has 31 heavy (non-hydrogen) atoms. The van der Waals surface area contributed by atoms with Gasteiger partial charge in [0.1, 0.15) is 6.61 Å². The summed E-state index contributed by atoms with van der Waals surface area (Å²) in [7, 11) is 1.94. The summed E-state index contributed by atoms with van der Waals surface area (Å²) in [5.41, 5.74) is 5.10. The van der Waals surface area contributed by atoms with Crippen LogP contribution in [0.5, 0.6) is 0 Å². The number of nitrogens with one attached hydrogen (secondary N) is 2. The number of ether oxygens (including phenoxy) is 1. The molecule has 2 N–H and O–H groups in total. The standard InChI is InChI=1S/C21H30F3N5O.HI/c1-5-25-20(26-11-10-19-15(2)28-29(4)16(19)3)27-12-17-6-8-18(9-7-17)13-30-14-21(22,23)24;/h6-9H,5,10-14H2,1-4H3,(H2,25,26,27);1H. The molecular weight excluding hydrogens is 522 g/mol. The van der Waals surface area contributed by atoms with Gasteiger partial charge in [-0.2, -0.15) is 18.3 Å². The number of hydrogen-bond acceptors (Lipinski definition) is 3. The first kappa shape index (κ1) is 27.2. The van der Waals surface area contributed by atoms with E-state index >= 15 is 0 Å². The SMILES string of the molecule is CCNC(=NCc1ccc(COCC(F)(F)F)cc1)NCCc1c(C)nn(C)c1C.I. The summed E-state index contributed by atoms with van der Waals surface area (Å²) in [6.07, 6.45) is -3.46. The molecule has 1 aromatic heterocycles. The minimum atomic E-state index is -4.31. The molecule has 6 nitrogen and oxygen atoms in total. The molecule has 1 heterocycles. The lowest BCUT2D eigenvalue weighted by atomic mass is 10.1. The van der Waals surface area contributed by atoms with E-state index in [-0.39, 0.29) is 30.6 Å². The second kappa shape index (κ2) is 12.9. The normalized spacial score (nSPS) is 11.9. The molecular formula is C21H31F3IN5O. The molecule has 2 aromatic rings. The van der Waals surface area contributed by atoms with Crippen LogP contribution in [0.25, 0.3) is 0 Å². The molecule has 0 atom stereocenters. The Balaban J connectivity index is 0.00000480. The molecule has 0 bridgehead atoms. The summed E-state index contributed by atoms with van der Waals surface area (Å²) in [6, 6.07) is 7.22. The quantitative estimate of drug-likeness (QED) is 0.280. The lowest BCUT2D eigenvalue weighted by Gasteiger charge is -2.12. The predicted molar refractivity (Wildman–Crippen MR) is 127 cm³/mol. The molecule has 0 fully saturated rings. The van der Waals surface area contributed by atoms with Crippen molar-refractivity contribution in [1.29, 1.82) is 0 Å². The van der Waals surface area contributed by atoms with Crippen molar-refractivity contribution in [3.8, 4) is 0 Å². The Kier molecular flexibility index (Phi) is 11.3. The number of aliphatic imine (C=N–C) groups is 1. The molecule has 0 saturated heterocycles. The van der Waals surface area contributed by atoms with E-state index in [1.165, 1.54) is 5.56 Å². The number of guanidine groups is 1. The molecule has 2 rings (SSSR count). The van der Waals surface area contributed by atoms with Gasteiger partial charge in [0.2, 0.25) is 0 Å². The number of aromatic nitrogens is 2. The summed E-state index contributed by atoms with van der Waals surface area (Å²) >= 11 is 0. The van der Waals surface area contributed by atoms with Crippen molar-refractivity contribution in [2.75, 3.05) is 19.7 Å². The van der Waals surface area contributed by atoms with Gasteiger partial charge in [-0.1, -0.05) is 24.3 Å². The Morgan fingerprint density at radius 2 is 1.77 bits per heavy atom. The average molecular weight is 553 g/mol. The van der Waals surface area contributed by atoms with Gasteiger partial charge < -0.3 is 15.4 Å². The highest BCUT2D eigenvalue weighted by molar-refractivity contribution is 14.0. The third kappa shape index (κ3) is 9.46. The number of halogens is 4. The van der Waals surface area contributed by atoms with Crippen LogP contribution in [0, 0.1) is 13.8 Å². The van der Waals surface area contributed by atoms with Crippen molar-refractivity contribution in [3.05, 3.63) is 52.3 Å². The minimum Gasteiger partial charge on any atom is -0.367 e. The van der Waals surface area contributed by atoms with E-state index in [1.54, 1.807) is 12.1 Å². The number of aryl methyl sites for hydroxylation is 2. The third-order valence-electron chi connectivity index (χ3n) is 4.65. The van der Waals surface area contributed by atoms with Crippen LogP contribution in [0.1, 0.15) is 35.0 Å². The molecule has 0 saturated carbocycles. The molecule has 0 aliphatic carbocycles. The topological polar surface area (TPSA) is 63.5 Å². The van der Waals surface area contributed by atoms with Gasteiger partial charge >= 0.3 is 6.18 Å². The maximum absolute atomic E-state index is 12.1. The molecule has 0 aliphatic rings. The minimum absolute atomic E-state index is 0. The highest BCUT2D eigenvalue weighted by Crippen LogP contribution is 2.16. The zero-order valence-electron chi connectivity index (χ0n) is 18.3. The monoisotopic (exact) mass is 553 g/mol. The van der Waals surface area contributed by atoms with Gasteiger partial charge in [-0.3, -0.25) is 4.68 Å². The van der Waals surface area contributed by atoms with E-state index < -0.39 is 12.8 Å². The van der Waals surface area contributed by atoms with E-state index in [1.807, 2.05) is 37.7 Å². The molecule has 0 unspecified atom stereocenters. The maximum Gasteiger partial charge on any atom is 0.411 e. The van der Waals surface area contributed by atoms with E-state index in [0.29, 0.717) is 18.1 Å². The zero-order valence-corrected chi connectivity index (χ0v) is 20.7. The smallest absolute Gasteiger partial charge is 0.367 e. The fourth-order valence-electron chi connectivity index (χ4n) is 3.02. The van der Waals surface area contributed by atoms with E-state index in [9.17, 15) is 13.2 Å². The van der Waals surface area contributed by atoms with Crippen molar-refractivity contribution in [3.63, 3.8) is 0 Å². The van der Waals surface area contributed by atoms with Gasteiger partial charge in [-0.05, 0) is 43.9 Å². The maximum atomic E-state index is 12.1. The molecule has 0 aliphatic heterocycles. The Morgan fingerprint density at radius 3 is 2.32 bits per heavy atom. The van der Waals surface area contributed by atoms with Crippen LogP contribution < -0.4 is 10.6 Å². The summed E-state index contributed by atoms with van der Waals surface area (Å²) in [5, 5.41) is 11.0. The number of hydrogen-bond donors (Lipinski definition) is 2. The van der Waals surface area contributed by atoms with Gasteiger partial charge in [-0.15, -0.1) is 24.0 Å². The summed E-state index contributed by atoms with van der Waals surface area (Å²) in [6.45, 7) is 6.70. The van der Waals surface area contributed by atoms with E-state index in [4.69, 9.17) is 0 Å². The van der Waals surface area contributed by atoms with Crippen LogP contribution in [0.3, 0.4) is 0 Å². The van der Waals surface area contributed by atoms with Crippen LogP contribution in [-0.2, 0) is 31.4 Å². The first-order valence-electron chi connectivity index (χ1n) is 9.93. The molecule has 10 heteroatoms. The van der Waals surface area contributed by atoms with Crippen LogP contribution in [0.4, 0.5) is 13.2 Å². The van der Waals surface area contributed by atoms with Crippen LogP contribution in [-0.4, -0.2) is 41.6 Å². The van der Waals surface area contributed by atoms with Gasteiger partial charge in [0, 0.05) is 25.8 Å². The Morgan fingerprint density at radius 1 is 1.13 bits per heavy atom. The number of alkyl halides is 3. The Bertz CT molecular complexity index is 835. The van der Waals surface area contributed by atoms with Crippen molar-refractivity contribution in [1.82, 2.24) is 20.4 Å². The summed E-state index contributed by atoms with van der Waals surface area (Å²) in [4.78, 5) is 4.58. The van der Waals surface area contributed by atoms with E-state index in [2.05, 4.69) is 32.4 Å². The largest absolute Gasteiger partial charge is 0.411 e. The lowest BCUT2D eigenvalue weighted by Crippen LogP contribution is -2.38. The molecule has 0 radical (unpaired) electrons. The first-order chi connectivity index (χ1) is 14.2. The van der Waals surface area contributed by atoms with Crippen molar-refractivity contribution >= 4 is 29.9 Å². The average Bonchev–Trinajstić information content (AvgIpc) is 2.92. The van der Waals surface area contributed by atoms with Crippen molar-refractivity contribution < 1.29 is 17.9 Å². The fraction of sp³-hybridized carbons (Fsp3) is 0.524. The van der Waals surface area contributed by atoms with Gasteiger partial charge in [0.15, 0.2) is 5.96 Å². The van der Waals surface area contributed by atoms with Gasteiger partial charge in [0.25, 0.3) is 0 Å². The molecule has 0 amide bonds. The zero-order chi connectivity index (χ0) is 22.1. The van der Waals surface area contributed by atoms with E-state index in [0.717, 1.165) is 36.5 Å². The van der Waals surface area contributed by atoms with Gasteiger partial charge in [0.05, 0.1) is 18.8 Å². The number of nitrogens with zero attached hydrogens (tertiary/aromatic N) is 3.